The zero-order valence-corrected chi connectivity index (χ0v) is 13.8. The van der Waals surface area contributed by atoms with E-state index >= 15 is 0 Å². The fraction of sp³-hybridized carbons (Fsp3) is 0.0526. The minimum Gasteiger partial charge on any atom is -0.404 e. The molecule has 0 fully saturated rings. The van der Waals surface area contributed by atoms with Gasteiger partial charge in [0, 0.05) is 59.8 Å². The van der Waals surface area contributed by atoms with Gasteiger partial charge >= 0.3 is 0 Å². The van der Waals surface area contributed by atoms with E-state index in [2.05, 4.69) is 15.6 Å². The second-order valence-corrected chi connectivity index (χ2v) is 5.61. The lowest BCUT2D eigenvalue weighted by atomic mass is 10.0. The highest BCUT2D eigenvalue weighted by Crippen LogP contribution is 2.20. The summed E-state index contributed by atoms with van der Waals surface area (Å²) in [6.07, 6.45) is 8.62. The number of pyridine rings is 1. The molecule has 0 radical (unpaired) electrons. The van der Waals surface area contributed by atoms with Crippen LogP contribution in [0.2, 0.25) is 0 Å². The Bertz CT molecular complexity index is 947. The lowest BCUT2D eigenvalue weighted by molar-refractivity contribution is -0.111. The monoisotopic (exact) mass is 347 g/mol. The summed E-state index contributed by atoms with van der Waals surface area (Å²) in [6.45, 7) is 0.510. The van der Waals surface area contributed by atoms with Crippen LogP contribution in [0, 0.1) is 5.41 Å². The molecule has 3 rings (SSSR count). The van der Waals surface area contributed by atoms with E-state index in [0.29, 0.717) is 34.5 Å². The van der Waals surface area contributed by atoms with Crippen molar-refractivity contribution in [2.75, 3.05) is 5.32 Å². The van der Waals surface area contributed by atoms with E-state index in [1.54, 1.807) is 36.7 Å². The van der Waals surface area contributed by atoms with Crippen LogP contribution in [0.15, 0.2) is 48.9 Å². The van der Waals surface area contributed by atoms with Crippen molar-refractivity contribution < 1.29 is 9.59 Å². The number of fused-ring (bicyclic) bond motifs is 1. The number of rotatable bonds is 5. The third kappa shape index (κ3) is 3.51. The Morgan fingerprint density at radius 2 is 2.19 bits per heavy atom. The van der Waals surface area contributed by atoms with Crippen LogP contribution >= 0.6 is 0 Å². The smallest absolute Gasteiger partial charge is 0.251 e. The number of amides is 2. The van der Waals surface area contributed by atoms with Crippen LogP contribution in [0.3, 0.4) is 0 Å². The number of carbonyl (C=O) groups is 2. The van der Waals surface area contributed by atoms with Gasteiger partial charge < -0.3 is 21.8 Å². The van der Waals surface area contributed by atoms with Gasteiger partial charge in [-0.1, -0.05) is 6.07 Å². The molecule has 1 aromatic carbocycles. The number of carbonyl (C=O) groups excluding carboxylic acids is 2. The predicted octanol–water partition coefficient (Wildman–Crippen LogP) is 1.93. The molecule has 2 amide bonds. The Kier molecular flexibility index (Phi) is 4.89. The molecular weight excluding hydrogens is 330 g/mol. The molecule has 1 aliphatic heterocycles. The highest BCUT2D eigenvalue weighted by molar-refractivity contribution is 6.10. The number of aromatic nitrogens is 1. The first-order chi connectivity index (χ1) is 12.6. The molecule has 2 heterocycles. The lowest BCUT2D eigenvalue weighted by Gasteiger charge is -2.06. The van der Waals surface area contributed by atoms with E-state index in [4.69, 9.17) is 11.1 Å². The van der Waals surface area contributed by atoms with Crippen molar-refractivity contribution in [2.45, 2.75) is 6.54 Å². The van der Waals surface area contributed by atoms with E-state index in [9.17, 15) is 9.59 Å². The molecule has 0 bridgehead atoms. The number of allylic oxidation sites excluding steroid dienone is 1. The predicted molar refractivity (Wildman–Crippen MR) is 100 cm³/mol. The molecule has 0 atom stereocenters. The SMILES string of the molecule is N=C/C(=C\N)c1ccncc1/C=C/C(=O)Nc1ccc2c(c1)C(=O)NC2. The van der Waals surface area contributed by atoms with Crippen LogP contribution in [0.25, 0.3) is 11.6 Å². The van der Waals surface area contributed by atoms with Gasteiger partial charge in [0.1, 0.15) is 0 Å². The molecule has 0 spiro atoms. The third-order valence-electron chi connectivity index (χ3n) is 3.97. The van der Waals surface area contributed by atoms with E-state index in [1.165, 1.54) is 12.3 Å². The first kappa shape index (κ1) is 17.1. The highest BCUT2D eigenvalue weighted by atomic mass is 16.2. The molecule has 0 saturated heterocycles. The molecule has 130 valence electrons. The number of anilines is 1. The molecule has 2 aromatic rings. The summed E-state index contributed by atoms with van der Waals surface area (Å²) in [5.74, 6) is -0.481. The van der Waals surface area contributed by atoms with Crippen LogP contribution < -0.4 is 16.4 Å². The Hall–Kier alpha value is -3.74. The summed E-state index contributed by atoms with van der Waals surface area (Å²) >= 11 is 0. The molecule has 7 nitrogen and oxygen atoms in total. The first-order valence-electron chi connectivity index (χ1n) is 7.89. The van der Waals surface area contributed by atoms with Gasteiger partial charge in [-0.15, -0.1) is 0 Å². The number of hydrogen-bond donors (Lipinski definition) is 4. The van der Waals surface area contributed by atoms with Gasteiger partial charge in [0.15, 0.2) is 0 Å². The van der Waals surface area contributed by atoms with E-state index < -0.39 is 0 Å². The molecule has 5 N–H and O–H groups in total. The van der Waals surface area contributed by atoms with Gasteiger partial charge in [0.25, 0.3) is 5.91 Å². The quantitative estimate of drug-likeness (QED) is 0.488. The summed E-state index contributed by atoms with van der Waals surface area (Å²) in [5, 5.41) is 12.9. The summed E-state index contributed by atoms with van der Waals surface area (Å²) in [4.78, 5) is 27.9. The largest absolute Gasteiger partial charge is 0.404 e. The molecule has 1 aliphatic rings. The van der Waals surface area contributed by atoms with Crippen LogP contribution in [-0.2, 0) is 11.3 Å². The van der Waals surface area contributed by atoms with Crippen molar-refractivity contribution in [1.82, 2.24) is 10.3 Å². The van der Waals surface area contributed by atoms with Gasteiger partial charge in [-0.25, -0.2) is 0 Å². The Labute approximate surface area is 150 Å². The second-order valence-electron chi connectivity index (χ2n) is 5.61. The number of nitrogens with two attached hydrogens (primary N) is 1. The molecule has 26 heavy (non-hydrogen) atoms. The van der Waals surface area contributed by atoms with Crippen LogP contribution in [0.1, 0.15) is 27.0 Å². The maximum absolute atomic E-state index is 12.2. The number of benzene rings is 1. The fourth-order valence-corrected chi connectivity index (χ4v) is 2.66. The van der Waals surface area contributed by atoms with Crippen molar-refractivity contribution in [2.24, 2.45) is 5.73 Å². The molecule has 7 heteroatoms. The van der Waals surface area contributed by atoms with Crippen molar-refractivity contribution in [1.29, 1.82) is 5.41 Å². The zero-order chi connectivity index (χ0) is 18.5. The number of nitrogens with one attached hydrogen (secondary N) is 3. The van der Waals surface area contributed by atoms with Crippen molar-refractivity contribution in [3.05, 3.63) is 71.2 Å². The maximum Gasteiger partial charge on any atom is 0.251 e. The Morgan fingerprint density at radius 1 is 1.35 bits per heavy atom. The van der Waals surface area contributed by atoms with Gasteiger partial charge in [-0.3, -0.25) is 14.6 Å². The standard InChI is InChI=1S/C19H17N5O2/c20-8-14(9-21)16-5-6-22-10-12(16)2-4-18(25)24-15-3-1-13-11-23-19(26)17(13)7-15/h1-10,20H,11,21H2,(H,23,26)(H,24,25)/b4-2+,14-9+,20-8?. The molecule has 0 aliphatic carbocycles. The fourth-order valence-electron chi connectivity index (χ4n) is 2.66. The second kappa shape index (κ2) is 7.43. The number of nitrogens with zero attached hydrogens (tertiary/aromatic N) is 1. The summed E-state index contributed by atoms with van der Waals surface area (Å²) < 4.78 is 0. The normalized spacial score (nSPS) is 13.4. The van der Waals surface area contributed by atoms with Gasteiger partial charge in [-0.05, 0) is 35.4 Å². The third-order valence-corrected chi connectivity index (χ3v) is 3.97. The lowest BCUT2D eigenvalue weighted by Crippen LogP contribution is -2.13. The first-order valence-corrected chi connectivity index (χ1v) is 7.89. The van der Waals surface area contributed by atoms with Gasteiger partial charge in [-0.2, -0.15) is 0 Å². The van der Waals surface area contributed by atoms with Crippen LogP contribution in [-0.4, -0.2) is 23.0 Å². The summed E-state index contributed by atoms with van der Waals surface area (Å²) in [6, 6.07) is 6.95. The van der Waals surface area contributed by atoms with E-state index in [-0.39, 0.29) is 11.8 Å². The summed E-state index contributed by atoms with van der Waals surface area (Å²) in [5.41, 5.74) is 9.45. The molecule has 1 aromatic heterocycles. The number of hydrogen-bond acceptors (Lipinski definition) is 5. The van der Waals surface area contributed by atoms with E-state index in [1.807, 2.05) is 6.07 Å². The average molecular weight is 347 g/mol. The minimum atomic E-state index is -0.341. The van der Waals surface area contributed by atoms with Crippen molar-refractivity contribution in [3.8, 4) is 0 Å². The van der Waals surface area contributed by atoms with Crippen molar-refractivity contribution in [3.63, 3.8) is 0 Å². The molecular formula is C19H17N5O2. The average Bonchev–Trinajstić information content (AvgIpc) is 3.02. The van der Waals surface area contributed by atoms with Crippen molar-refractivity contribution >= 4 is 35.4 Å². The molecule has 0 unspecified atom stereocenters. The minimum absolute atomic E-state index is 0.139. The van der Waals surface area contributed by atoms with Crippen LogP contribution in [0.4, 0.5) is 5.69 Å². The molecule has 0 saturated carbocycles. The highest BCUT2D eigenvalue weighted by Gasteiger charge is 2.18. The topological polar surface area (TPSA) is 121 Å². The van der Waals surface area contributed by atoms with E-state index in [0.717, 1.165) is 11.8 Å². The zero-order valence-electron chi connectivity index (χ0n) is 13.8. The Balaban J connectivity index is 1.76. The van der Waals surface area contributed by atoms with Crippen LogP contribution in [0.5, 0.6) is 0 Å². The van der Waals surface area contributed by atoms with Gasteiger partial charge in [0.2, 0.25) is 5.91 Å². The van der Waals surface area contributed by atoms with Gasteiger partial charge in [0.05, 0.1) is 0 Å². The summed E-state index contributed by atoms with van der Waals surface area (Å²) in [7, 11) is 0. The maximum atomic E-state index is 12.2. The Morgan fingerprint density at radius 3 is 2.96 bits per heavy atom.